The van der Waals surface area contributed by atoms with Crippen molar-refractivity contribution < 1.29 is 0 Å². The summed E-state index contributed by atoms with van der Waals surface area (Å²) < 4.78 is 0. The summed E-state index contributed by atoms with van der Waals surface area (Å²) in [7, 11) is -0.903. The monoisotopic (exact) mass is 192 g/mol. The molecule has 0 aliphatic heterocycles. The van der Waals surface area contributed by atoms with Crippen molar-refractivity contribution in [2.24, 2.45) is 5.92 Å². The fourth-order valence-electron chi connectivity index (χ4n) is 1.44. The van der Waals surface area contributed by atoms with Gasteiger partial charge in [-0.3, -0.25) is 0 Å². The van der Waals surface area contributed by atoms with E-state index in [1.807, 2.05) is 0 Å². The molecule has 0 aromatic rings. The fraction of sp³-hybridized carbons (Fsp3) is 1.00. The first-order chi connectivity index (χ1) is 5.11. The normalized spacial score (nSPS) is 14.5. The molecule has 1 atom stereocenters. The van der Waals surface area contributed by atoms with Crippen LogP contribution in [0.3, 0.4) is 0 Å². The number of hydrogen-bond donors (Lipinski definition) is 0. The molecule has 1 unspecified atom stereocenters. The van der Waals surface area contributed by atoms with Crippen molar-refractivity contribution in [2.45, 2.75) is 52.1 Å². The molecule has 0 spiro atoms. The Kier molecular flexibility index (Phi) is 6.35. The Morgan fingerprint density at radius 1 is 1.18 bits per heavy atom. The van der Waals surface area contributed by atoms with E-state index in [9.17, 15) is 0 Å². The predicted octanol–water partition coefficient (Wildman–Crippen LogP) is 3.80. The van der Waals surface area contributed by atoms with E-state index in [1.54, 1.807) is 0 Å². The minimum atomic E-state index is -0.903. The standard InChI is InChI=1S/C9H21ClSi/c1-5-9(6-2)11(10)7-8(3)4/h8-9,11H,5-7H2,1-4H3. The predicted molar refractivity (Wildman–Crippen MR) is 57.0 cm³/mol. The number of rotatable bonds is 5. The zero-order valence-electron chi connectivity index (χ0n) is 8.23. The highest BCUT2D eigenvalue weighted by Crippen LogP contribution is 2.26. The minimum absolute atomic E-state index is 0.796. The van der Waals surface area contributed by atoms with Crippen LogP contribution < -0.4 is 0 Å². The quantitative estimate of drug-likeness (QED) is 0.459. The topological polar surface area (TPSA) is 0 Å². The van der Waals surface area contributed by atoms with Crippen molar-refractivity contribution in [3.05, 3.63) is 0 Å². The Balaban J connectivity index is 3.68. The molecule has 0 N–H and O–H groups in total. The van der Waals surface area contributed by atoms with E-state index in [2.05, 4.69) is 27.7 Å². The average Bonchev–Trinajstić information content (AvgIpc) is 1.88. The first kappa shape index (κ1) is 11.5. The zero-order valence-corrected chi connectivity index (χ0v) is 10.1. The maximum Gasteiger partial charge on any atom is 0.144 e. The second kappa shape index (κ2) is 6.07. The lowest BCUT2D eigenvalue weighted by Crippen LogP contribution is -2.15. The summed E-state index contributed by atoms with van der Waals surface area (Å²) in [6.45, 7) is 9.06. The number of halogens is 1. The van der Waals surface area contributed by atoms with Gasteiger partial charge in [0.2, 0.25) is 0 Å². The molecule has 0 aliphatic rings. The third kappa shape index (κ3) is 4.86. The summed E-state index contributed by atoms with van der Waals surface area (Å²) >= 11 is 6.38. The summed E-state index contributed by atoms with van der Waals surface area (Å²) in [5.74, 6) is 0.796. The van der Waals surface area contributed by atoms with E-state index in [-0.39, 0.29) is 0 Å². The van der Waals surface area contributed by atoms with Gasteiger partial charge in [-0.2, -0.15) is 11.1 Å². The zero-order chi connectivity index (χ0) is 8.85. The lowest BCUT2D eigenvalue weighted by atomic mass is 10.3. The van der Waals surface area contributed by atoms with Crippen LogP contribution in [-0.4, -0.2) is 8.11 Å². The largest absolute Gasteiger partial charge is 0.171 e. The van der Waals surface area contributed by atoms with Crippen molar-refractivity contribution in [3.63, 3.8) is 0 Å². The lowest BCUT2D eigenvalue weighted by Gasteiger charge is -2.18. The van der Waals surface area contributed by atoms with Gasteiger partial charge in [-0.25, -0.2) is 0 Å². The average molecular weight is 193 g/mol. The highest BCUT2D eigenvalue weighted by Gasteiger charge is 2.18. The molecule has 0 heterocycles. The van der Waals surface area contributed by atoms with E-state index >= 15 is 0 Å². The molecule has 0 fully saturated rings. The van der Waals surface area contributed by atoms with Crippen LogP contribution in [0.5, 0.6) is 0 Å². The molecule has 0 amide bonds. The Morgan fingerprint density at radius 2 is 1.64 bits per heavy atom. The van der Waals surface area contributed by atoms with Gasteiger partial charge in [0.25, 0.3) is 0 Å². The Labute approximate surface area is 77.6 Å². The second-order valence-corrected chi connectivity index (χ2v) is 7.85. The molecule has 0 aliphatic carbocycles. The third-order valence-electron chi connectivity index (χ3n) is 2.26. The summed E-state index contributed by atoms with van der Waals surface area (Å²) in [6, 6.07) is 1.30. The second-order valence-electron chi connectivity index (χ2n) is 3.72. The van der Waals surface area contributed by atoms with Gasteiger partial charge in [0, 0.05) is 0 Å². The minimum Gasteiger partial charge on any atom is -0.171 e. The van der Waals surface area contributed by atoms with E-state index < -0.39 is 8.11 Å². The first-order valence-electron chi connectivity index (χ1n) is 4.75. The van der Waals surface area contributed by atoms with Gasteiger partial charge >= 0.3 is 0 Å². The molecule has 0 saturated carbocycles. The van der Waals surface area contributed by atoms with Gasteiger partial charge in [0.05, 0.1) is 0 Å². The fourth-order valence-corrected chi connectivity index (χ4v) is 5.89. The molecule has 11 heavy (non-hydrogen) atoms. The molecular formula is C9H21ClSi. The summed E-state index contributed by atoms with van der Waals surface area (Å²) in [5, 5.41) is 0. The summed E-state index contributed by atoms with van der Waals surface area (Å²) in [6.07, 6.45) is 2.56. The van der Waals surface area contributed by atoms with Gasteiger partial charge in [0.15, 0.2) is 0 Å². The molecule has 0 bridgehead atoms. The molecule has 68 valence electrons. The van der Waals surface area contributed by atoms with Gasteiger partial charge in [-0.05, 0) is 17.5 Å². The van der Waals surface area contributed by atoms with E-state index in [4.69, 9.17) is 11.1 Å². The van der Waals surface area contributed by atoms with Crippen LogP contribution in [0, 0.1) is 5.92 Å². The van der Waals surface area contributed by atoms with Crippen molar-refractivity contribution in [2.75, 3.05) is 0 Å². The van der Waals surface area contributed by atoms with Gasteiger partial charge in [0.1, 0.15) is 8.11 Å². The van der Waals surface area contributed by atoms with Gasteiger partial charge in [-0.1, -0.05) is 40.5 Å². The van der Waals surface area contributed by atoms with Crippen LogP contribution >= 0.6 is 11.1 Å². The number of hydrogen-bond acceptors (Lipinski definition) is 0. The molecule has 0 rings (SSSR count). The Morgan fingerprint density at radius 3 is 1.91 bits per heavy atom. The molecule has 0 aromatic carbocycles. The third-order valence-corrected chi connectivity index (χ3v) is 7.22. The molecule has 2 heteroatoms. The maximum atomic E-state index is 6.38. The smallest absolute Gasteiger partial charge is 0.144 e. The first-order valence-corrected chi connectivity index (χ1v) is 7.98. The molecule has 0 saturated heterocycles. The van der Waals surface area contributed by atoms with Crippen molar-refractivity contribution in [3.8, 4) is 0 Å². The Hall–Kier alpha value is 0.507. The molecule has 0 radical (unpaired) electrons. The van der Waals surface area contributed by atoms with Crippen molar-refractivity contribution in [1.82, 2.24) is 0 Å². The van der Waals surface area contributed by atoms with Crippen LogP contribution in [0.25, 0.3) is 0 Å². The molecule has 0 aromatic heterocycles. The summed E-state index contributed by atoms with van der Waals surface area (Å²) in [5.41, 5.74) is 0.860. The highest BCUT2D eigenvalue weighted by molar-refractivity contribution is 7.07. The lowest BCUT2D eigenvalue weighted by molar-refractivity contribution is 0.696. The van der Waals surface area contributed by atoms with Crippen molar-refractivity contribution in [1.29, 1.82) is 0 Å². The summed E-state index contributed by atoms with van der Waals surface area (Å²) in [4.78, 5) is 0. The van der Waals surface area contributed by atoms with Gasteiger partial charge in [-0.15, -0.1) is 0 Å². The molecule has 0 nitrogen and oxygen atoms in total. The van der Waals surface area contributed by atoms with Crippen LogP contribution in [0.2, 0.25) is 11.6 Å². The highest BCUT2D eigenvalue weighted by atomic mass is 35.6. The molecular weight excluding hydrogens is 172 g/mol. The van der Waals surface area contributed by atoms with Gasteiger partial charge < -0.3 is 0 Å². The van der Waals surface area contributed by atoms with E-state index in [0.29, 0.717) is 0 Å². The van der Waals surface area contributed by atoms with E-state index in [1.165, 1.54) is 18.9 Å². The Bertz CT molecular complexity index is 89.6. The van der Waals surface area contributed by atoms with Crippen LogP contribution in [-0.2, 0) is 0 Å². The maximum absolute atomic E-state index is 6.38. The van der Waals surface area contributed by atoms with E-state index in [0.717, 1.165) is 11.5 Å². The van der Waals surface area contributed by atoms with Crippen LogP contribution in [0.15, 0.2) is 0 Å². The SMILES string of the molecule is CCC(CC)[SiH](Cl)CC(C)C. The van der Waals surface area contributed by atoms with Crippen LogP contribution in [0.4, 0.5) is 0 Å². The van der Waals surface area contributed by atoms with Crippen LogP contribution in [0.1, 0.15) is 40.5 Å². The van der Waals surface area contributed by atoms with Crippen molar-refractivity contribution >= 4 is 19.2 Å².